The van der Waals surface area contributed by atoms with Gasteiger partial charge in [-0.15, -0.1) is 0 Å². The molecule has 0 atom stereocenters. The molecule has 0 aliphatic rings. The van der Waals surface area contributed by atoms with E-state index in [2.05, 4.69) is 4.74 Å². The second kappa shape index (κ2) is 5.77. The molecule has 3 nitrogen and oxygen atoms in total. The Kier molecular flexibility index (Phi) is 5.25. The van der Waals surface area contributed by atoms with Gasteiger partial charge in [0.2, 0.25) is 0 Å². The Labute approximate surface area is 66.7 Å². The van der Waals surface area contributed by atoms with E-state index >= 15 is 0 Å². The topological polar surface area (TPSA) is 46.5 Å². The fraction of sp³-hybridized carbons (Fsp3) is 0.625. The zero-order valence-corrected chi connectivity index (χ0v) is 6.96. The monoisotopic (exact) mass is 158 g/mol. The first-order valence-corrected chi connectivity index (χ1v) is 3.78. The Morgan fingerprint density at radius 3 is 2.64 bits per heavy atom. The van der Waals surface area contributed by atoms with Crippen molar-refractivity contribution in [3.63, 3.8) is 0 Å². The summed E-state index contributed by atoms with van der Waals surface area (Å²) in [6, 6.07) is 0. The average Bonchev–Trinajstić information content (AvgIpc) is 2.00. The van der Waals surface area contributed by atoms with Crippen LogP contribution in [0.3, 0.4) is 0 Å². The van der Waals surface area contributed by atoms with Crippen LogP contribution in [0.2, 0.25) is 0 Å². The van der Waals surface area contributed by atoms with Crippen molar-refractivity contribution in [2.45, 2.75) is 26.7 Å². The summed E-state index contributed by atoms with van der Waals surface area (Å²) in [7, 11) is 0. The van der Waals surface area contributed by atoms with Crippen molar-refractivity contribution in [3.8, 4) is 0 Å². The predicted octanol–water partition coefficient (Wildman–Crippen LogP) is 1.79. The number of carbonyl (C=O) groups excluding carboxylic acids is 1. The highest BCUT2D eigenvalue weighted by Crippen LogP contribution is 1.97. The lowest BCUT2D eigenvalue weighted by Crippen LogP contribution is -2.06. The van der Waals surface area contributed by atoms with E-state index in [0.29, 0.717) is 13.0 Å². The summed E-state index contributed by atoms with van der Waals surface area (Å²) >= 11 is 0. The lowest BCUT2D eigenvalue weighted by atomic mass is 10.3. The molecule has 0 aliphatic carbocycles. The number of allylic oxidation sites excluding steroid dienone is 1. The molecule has 0 heterocycles. The molecule has 11 heavy (non-hydrogen) atoms. The van der Waals surface area contributed by atoms with E-state index in [1.54, 1.807) is 6.92 Å². The van der Waals surface area contributed by atoms with Crippen LogP contribution >= 0.6 is 0 Å². The smallest absolute Gasteiger partial charge is 0.373 e. The summed E-state index contributed by atoms with van der Waals surface area (Å²) < 4.78 is 4.54. The largest absolute Gasteiger partial charge is 0.502 e. The van der Waals surface area contributed by atoms with E-state index in [4.69, 9.17) is 5.11 Å². The molecular formula is C8H14O3. The summed E-state index contributed by atoms with van der Waals surface area (Å²) in [6.07, 6.45) is 3.08. The molecule has 0 saturated heterocycles. The fourth-order valence-corrected chi connectivity index (χ4v) is 0.569. The van der Waals surface area contributed by atoms with E-state index in [0.717, 1.165) is 6.42 Å². The van der Waals surface area contributed by atoms with Crippen LogP contribution in [0.5, 0.6) is 0 Å². The number of hydrogen-bond donors (Lipinski definition) is 1. The second-order valence-electron chi connectivity index (χ2n) is 2.10. The van der Waals surface area contributed by atoms with Gasteiger partial charge in [-0.2, -0.15) is 0 Å². The molecule has 0 aromatic heterocycles. The van der Waals surface area contributed by atoms with E-state index in [1.165, 1.54) is 6.08 Å². The van der Waals surface area contributed by atoms with Gasteiger partial charge in [0.1, 0.15) is 0 Å². The molecule has 0 fully saturated rings. The predicted molar refractivity (Wildman–Crippen MR) is 42.3 cm³/mol. The van der Waals surface area contributed by atoms with Crippen LogP contribution in [0, 0.1) is 0 Å². The van der Waals surface area contributed by atoms with Crippen LogP contribution in [0.4, 0.5) is 0 Å². The molecule has 64 valence electrons. The van der Waals surface area contributed by atoms with Gasteiger partial charge in [-0.1, -0.05) is 13.3 Å². The molecule has 0 aromatic rings. The zero-order chi connectivity index (χ0) is 8.69. The molecule has 0 amide bonds. The average molecular weight is 158 g/mol. The van der Waals surface area contributed by atoms with Crippen molar-refractivity contribution < 1.29 is 14.6 Å². The Bertz CT molecular complexity index is 149. The number of aliphatic hydroxyl groups excluding tert-OH is 1. The number of hydrogen-bond acceptors (Lipinski definition) is 3. The van der Waals surface area contributed by atoms with Crippen LogP contribution in [-0.2, 0) is 9.53 Å². The second-order valence-corrected chi connectivity index (χ2v) is 2.10. The van der Waals surface area contributed by atoms with Crippen molar-refractivity contribution in [1.29, 1.82) is 0 Å². The molecule has 0 aliphatic heterocycles. The number of ether oxygens (including phenoxy) is 1. The fourth-order valence-electron chi connectivity index (χ4n) is 0.569. The van der Waals surface area contributed by atoms with Gasteiger partial charge in [0, 0.05) is 0 Å². The summed E-state index contributed by atoms with van der Waals surface area (Å²) in [6.45, 7) is 3.96. The Hall–Kier alpha value is -0.990. The Morgan fingerprint density at radius 1 is 1.55 bits per heavy atom. The standard InChI is InChI=1S/C8H14O3/c1-3-5-6-7(9)8(10)11-4-2/h6,9H,3-5H2,1-2H3/b7-6-. The van der Waals surface area contributed by atoms with Crippen LogP contribution in [0.1, 0.15) is 26.7 Å². The first-order chi connectivity index (χ1) is 5.22. The molecule has 0 spiro atoms. The highest BCUT2D eigenvalue weighted by Gasteiger charge is 2.05. The molecule has 0 bridgehead atoms. The van der Waals surface area contributed by atoms with Gasteiger partial charge in [-0.05, 0) is 19.4 Å². The van der Waals surface area contributed by atoms with E-state index < -0.39 is 5.97 Å². The van der Waals surface area contributed by atoms with Gasteiger partial charge in [0.25, 0.3) is 0 Å². The van der Waals surface area contributed by atoms with Crippen molar-refractivity contribution in [2.24, 2.45) is 0 Å². The van der Waals surface area contributed by atoms with Gasteiger partial charge in [-0.25, -0.2) is 4.79 Å². The number of aliphatic hydroxyl groups is 1. The third kappa shape index (κ3) is 4.42. The molecule has 0 radical (unpaired) electrons. The quantitative estimate of drug-likeness (QED) is 0.385. The number of rotatable bonds is 4. The van der Waals surface area contributed by atoms with Gasteiger partial charge < -0.3 is 9.84 Å². The molecule has 0 saturated carbocycles. The molecule has 1 N–H and O–H groups in total. The maximum Gasteiger partial charge on any atom is 0.373 e. The summed E-state index contributed by atoms with van der Waals surface area (Å²) in [4.78, 5) is 10.7. The minimum absolute atomic E-state index is 0.284. The third-order valence-electron chi connectivity index (χ3n) is 1.11. The summed E-state index contributed by atoms with van der Waals surface area (Å²) in [5.74, 6) is -0.922. The highest BCUT2D eigenvalue weighted by molar-refractivity contribution is 5.85. The normalized spacial score (nSPS) is 11.3. The SMILES string of the molecule is CCC/C=C(\O)C(=O)OCC. The lowest BCUT2D eigenvalue weighted by Gasteiger charge is -1.98. The van der Waals surface area contributed by atoms with Gasteiger partial charge >= 0.3 is 5.97 Å². The number of esters is 1. The zero-order valence-electron chi connectivity index (χ0n) is 6.96. The maximum absolute atomic E-state index is 10.7. The van der Waals surface area contributed by atoms with E-state index in [1.807, 2.05) is 6.92 Å². The molecule has 0 unspecified atom stereocenters. The van der Waals surface area contributed by atoms with Gasteiger partial charge in [-0.3, -0.25) is 0 Å². The van der Waals surface area contributed by atoms with E-state index in [9.17, 15) is 4.79 Å². The van der Waals surface area contributed by atoms with Gasteiger partial charge in [0.05, 0.1) is 6.61 Å². The van der Waals surface area contributed by atoms with Crippen molar-refractivity contribution in [2.75, 3.05) is 6.61 Å². The van der Waals surface area contributed by atoms with Crippen molar-refractivity contribution in [3.05, 3.63) is 11.8 Å². The van der Waals surface area contributed by atoms with Crippen LogP contribution < -0.4 is 0 Å². The molecule has 0 rings (SSSR count). The van der Waals surface area contributed by atoms with Crippen LogP contribution in [0.15, 0.2) is 11.8 Å². The van der Waals surface area contributed by atoms with Crippen LogP contribution in [-0.4, -0.2) is 17.7 Å². The van der Waals surface area contributed by atoms with Crippen molar-refractivity contribution in [1.82, 2.24) is 0 Å². The lowest BCUT2D eigenvalue weighted by molar-refractivity contribution is -0.141. The molecule has 3 heteroatoms. The third-order valence-corrected chi connectivity index (χ3v) is 1.11. The summed E-state index contributed by atoms with van der Waals surface area (Å²) in [5, 5.41) is 8.97. The summed E-state index contributed by atoms with van der Waals surface area (Å²) in [5.41, 5.74) is 0. The highest BCUT2D eigenvalue weighted by atomic mass is 16.5. The first kappa shape index (κ1) is 10.0. The Balaban J connectivity index is 3.80. The minimum atomic E-state index is -0.638. The van der Waals surface area contributed by atoms with Gasteiger partial charge in [0.15, 0.2) is 5.76 Å². The molecular weight excluding hydrogens is 144 g/mol. The minimum Gasteiger partial charge on any atom is -0.502 e. The number of unbranched alkanes of at least 4 members (excludes halogenated alkanes) is 1. The van der Waals surface area contributed by atoms with Crippen LogP contribution in [0.25, 0.3) is 0 Å². The molecule has 0 aromatic carbocycles. The van der Waals surface area contributed by atoms with E-state index in [-0.39, 0.29) is 5.76 Å². The van der Waals surface area contributed by atoms with Crippen molar-refractivity contribution >= 4 is 5.97 Å². The number of carbonyl (C=O) groups is 1. The first-order valence-electron chi connectivity index (χ1n) is 3.78. The Morgan fingerprint density at radius 2 is 2.18 bits per heavy atom. The maximum atomic E-state index is 10.7.